The molecule has 0 aromatic heterocycles. The van der Waals surface area contributed by atoms with Gasteiger partial charge in [0.05, 0.1) is 6.67 Å². The number of alkyl halides is 1. The number of para-hydroxylation sites is 1. The fourth-order valence-corrected chi connectivity index (χ4v) is 2.21. The molecule has 1 heterocycles. The lowest BCUT2D eigenvalue weighted by molar-refractivity contribution is 0.465. The van der Waals surface area contributed by atoms with E-state index in [0.717, 1.165) is 19.6 Å². The number of hydrogen-bond acceptors (Lipinski definition) is 2. The fourth-order valence-electron chi connectivity index (χ4n) is 2.21. The van der Waals surface area contributed by atoms with Crippen molar-refractivity contribution in [2.45, 2.75) is 25.9 Å². The topological polar surface area (TPSA) is 15.3 Å². The Labute approximate surface area is 96.5 Å². The Kier molecular flexibility index (Phi) is 3.78. The van der Waals surface area contributed by atoms with Crippen LogP contribution in [-0.4, -0.2) is 25.8 Å². The third kappa shape index (κ3) is 2.53. The summed E-state index contributed by atoms with van der Waals surface area (Å²) in [6.07, 6.45) is 0.612. The number of halogens is 1. The molecule has 1 aliphatic rings. The normalized spacial score (nSPS) is 20.4. The first kappa shape index (κ1) is 11.4. The minimum Gasteiger partial charge on any atom is -0.370 e. The molecule has 0 fully saturated rings. The van der Waals surface area contributed by atoms with E-state index in [0.29, 0.717) is 12.5 Å². The third-order valence-corrected chi connectivity index (χ3v) is 3.03. The Morgan fingerprint density at radius 2 is 2.25 bits per heavy atom. The van der Waals surface area contributed by atoms with Gasteiger partial charge in [-0.2, -0.15) is 0 Å². The number of nitrogens with one attached hydrogen (secondary N) is 1. The van der Waals surface area contributed by atoms with Gasteiger partial charge in [0.25, 0.3) is 0 Å². The molecular formula is C13H19FN2. The molecule has 0 aliphatic carbocycles. The van der Waals surface area contributed by atoms with Crippen molar-refractivity contribution in [3.05, 3.63) is 29.8 Å². The predicted molar refractivity (Wildman–Crippen MR) is 65.5 cm³/mol. The van der Waals surface area contributed by atoms with Crippen molar-refractivity contribution in [1.29, 1.82) is 0 Å². The predicted octanol–water partition coefficient (Wildman–Crippen LogP) is 2.34. The summed E-state index contributed by atoms with van der Waals surface area (Å²) >= 11 is 0. The van der Waals surface area contributed by atoms with E-state index in [1.165, 1.54) is 11.3 Å². The van der Waals surface area contributed by atoms with Gasteiger partial charge in [-0.3, -0.25) is 4.39 Å². The van der Waals surface area contributed by atoms with Crippen molar-refractivity contribution in [3.63, 3.8) is 0 Å². The number of anilines is 1. The van der Waals surface area contributed by atoms with Crippen LogP contribution in [0.3, 0.4) is 0 Å². The highest BCUT2D eigenvalue weighted by molar-refractivity contribution is 5.54. The van der Waals surface area contributed by atoms with E-state index >= 15 is 0 Å². The Morgan fingerprint density at radius 1 is 1.44 bits per heavy atom. The molecule has 1 N–H and O–H groups in total. The van der Waals surface area contributed by atoms with Crippen LogP contribution in [0.25, 0.3) is 0 Å². The standard InChI is InChI=1S/C13H19FN2/c1-11-10-16(8-4-7-14)13-6-3-2-5-12(13)9-15-11/h2-3,5-6,11,15H,4,7-10H2,1H3. The SMILES string of the molecule is CC1CN(CCCF)c2ccccc2CN1. The van der Waals surface area contributed by atoms with E-state index in [1.54, 1.807) is 0 Å². The highest BCUT2D eigenvalue weighted by Gasteiger charge is 2.17. The first-order valence-corrected chi connectivity index (χ1v) is 5.93. The van der Waals surface area contributed by atoms with Crippen LogP contribution < -0.4 is 10.2 Å². The van der Waals surface area contributed by atoms with Crippen molar-refractivity contribution in [1.82, 2.24) is 5.32 Å². The maximum atomic E-state index is 12.3. The van der Waals surface area contributed by atoms with E-state index in [4.69, 9.17) is 0 Å². The molecule has 16 heavy (non-hydrogen) atoms. The molecule has 1 aromatic carbocycles. The highest BCUT2D eigenvalue weighted by Crippen LogP contribution is 2.23. The summed E-state index contributed by atoms with van der Waals surface area (Å²) < 4.78 is 12.3. The maximum absolute atomic E-state index is 12.3. The first-order valence-electron chi connectivity index (χ1n) is 5.93. The van der Waals surface area contributed by atoms with Crippen LogP contribution in [0, 0.1) is 0 Å². The van der Waals surface area contributed by atoms with Gasteiger partial charge in [0.15, 0.2) is 0 Å². The Hall–Kier alpha value is -1.09. The van der Waals surface area contributed by atoms with E-state index in [-0.39, 0.29) is 6.67 Å². The Morgan fingerprint density at radius 3 is 3.06 bits per heavy atom. The molecule has 0 saturated heterocycles. The highest BCUT2D eigenvalue weighted by atomic mass is 19.1. The number of nitrogens with zero attached hydrogens (tertiary/aromatic N) is 1. The lowest BCUT2D eigenvalue weighted by Crippen LogP contribution is -2.36. The van der Waals surface area contributed by atoms with Gasteiger partial charge in [-0.15, -0.1) is 0 Å². The number of benzene rings is 1. The molecular weight excluding hydrogens is 203 g/mol. The zero-order valence-electron chi connectivity index (χ0n) is 9.75. The van der Waals surface area contributed by atoms with Crippen LogP contribution in [-0.2, 0) is 6.54 Å². The summed E-state index contributed by atoms with van der Waals surface area (Å²) in [4.78, 5) is 2.29. The van der Waals surface area contributed by atoms with Crippen LogP contribution in [0.15, 0.2) is 24.3 Å². The second-order valence-corrected chi connectivity index (χ2v) is 4.40. The van der Waals surface area contributed by atoms with Gasteiger partial charge in [0.2, 0.25) is 0 Å². The second kappa shape index (κ2) is 5.30. The summed E-state index contributed by atoms with van der Waals surface area (Å²) in [5, 5.41) is 3.47. The molecule has 0 amide bonds. The summed E-state index contributed by atoms with van der Waals surface area (Å²) in [6.45, 7) is 4.61. The van der Waals surface area contributed by atoms with Gasteiger partial charge in [-0.05, 0) is 25.0 Å². The molecule has 1 atom stereocenters. The lowest BCUT2D eigenvalue weighted by Gasteiger charge is -2.26. The molecule has 0 spiro atoms. The summed E-state index contributed by atoms with van der Waals surface area (Å²) in [5.41, 5.74) is 2.57. The molecule has 1 aromatic rings. The summed E-state index contributed by atoms with van der Waals surface area (Å²) in [7, 11) is 0. The van der Waals surface area contributed by atoms with Crippen molar-refractivity contribution in [3.8, 4) is 0 Å². The van der Waals surface area contributed by atoms with E-state index < -0.39 is 0 Å². The summed E-state index contributed by atoms with van der Waals surface area (Å²) in [5.74, 6) is 0. The second-order valence-electron chi connectivity index (χ2n) is 4.40. The van der Waals surface area contributed by atoms with E-state index in [1.807, 2.05) is 0 Å². The van der Waals surface area contributed by atoms with Gasteiger partial charge in [0.1, 0.15) is 0 Å². The van der Waals surface area contributed by atoms with Crippen molar-refractivity contribution in [2.75, 3.05) is 24.7 Å². The Balaban J connectivity index is 2.20. The monoisotopic (exact) mass is 222 g/mol. The van der Waals surface area contributed by atoms with Crippen LogP contribution >= 0.6 is 0 Å². The Bertz CT molecular complexity index is 340. The largest absolute Gasteiger partial charge is 0.370 e. The van der Waals surface area contributed by atoms with E-state index in [2.05, 4.69) is 41.4 Å². The minimum atomic E-state index is -0.236. The van der Waals surface area contributed by atoms with Gasteiger partial charge >= 0.3 is 0 Å². The third-order valence-electron chi connectivity index (χ3n) is 3.03. The molecule has 3 heteroatoms. The molecule has 2 nitrogen and oxygen atoms in total. The molecule has 0 radical (unpaired) electrons. The van der Waals surface area contributed by atoms with Gasteiger partial charge in [-0.1, -0.05) is 18.2 Å². The van der Waals surface area contributed by atoms with Crippen molar-refractivity contribution >= 4 is 5.69 Å². The first-order chi connectivity index (χ1) is 7.81. The van der Waals surface area contributed by atoms with Crippen LogP contribution in [0.4, 0.5) is 10.1 Å². The van der Waals surface area contributed by atoms with Crippen molar-refractivity contribution < 1.29 is 4.39 Å². The molecule has 0 bridgehead atoms. The van der Waals surface area contributed by atoms with Gasteiger partial charge in [0, 0.05) is 31.4 Å². The molecule has 2 rings (SSSR count). The molecule has 1 aliphatic heterocycles. The number of hydrogen-bond donors (Lipinski definition) is 1. The zero-order valence-corrected chi connectivity index (χ0v) is 9.75. The van der Waals surface area contributed by atoms with Crippen LogP contribution in [0.1, 0.15) is 18.9 Å². The average Bonchev–Trinajstić information content (AvgIpc) is 2.47. The fraction of sp³-hybridized carbons (Fsp3) is 0.538. The van der Waals surface area contributed by atoms with Crippen LogP contribution in [0.5, 0.6) is 0 Å². The number of fused-ring (bicyclic) bond motifs is 1. The number of rotatable bonds is 3. The van der Waals surface area contributed by atoms with Gasteiger partial charge in [-0.25, -0.2) is 0 Å². The average molecular weight is 222 g/mol. The molecule has 0 saturated carbocycles. The quantitative estimate of drug-likeness (QED) is 0.844. The van der Waals surface area contributed by atoms with E-state index in [9.17, 15) is 4.39 Å². The van der Waals surface area contributed by atoms with Gasteiger partial charge < -0.3 is 10.2 Å². The summed E-state index contributed by atoms with van der Waals surface area (Å²) in [6, 6.07) is 8.84. The minimum absolute atomic E-state index is 0.236. The lowest BCUT2D eigenvalue weighted by atomic mass is 10.1. The molecule has 1 unspecified atom stereocenters. The van der Waals surface area contributed by atoms with Crippen molar-refractivity contribution in [2.24, 2.45) is 0 Å². The smallest absolute Gasteiger partial charge is 0.0911 e. The zero-order chi connectivity index (χ0) is 11.4. The maximum Gasteiger partial charge on any atom is 0.0911 e. The van der Waals surface area contributed by atoms with Crippen LogP contribution in [0.2, 0.25) is 0 Å². The molecule has 88 valence electrons.